The van der Waals surface area contributed by atoms with Crippen LogP contribution in [0.15, 0.2) is 42.5 Å². The highest BCUT2D eigenvalue weighted by atomic mass is 16.6. The zero-order valence-electron chi connectivity index (χ0n) is 11.7. The fourth-order valence-electron chi connectivity index (χ4n) is 3.36. The number of benzene rings is 3. The van der Waals surface area contributed by atoms with Gasteiger partial charge in [0.2, 0.25) is 6.29 Å². The summed E-state index contributed by atoms with van der Waals surface area (Å²) in [4.78, 5) is 12.1. The molecule has 0 aliphatic carbocycles. The molecule has 0 bridgehead atoms. The molecule has 0 amide bonds. The van der Waals surface area contributed by atoms with Crippen LogP contribution in [0, 0.1) is 0 Å². The van der Waals surface area contributed by atoms with Crippen LogP contribution in [0.4, 0.5) is 0 Å². The minimum Gasteiger partial charge on any atom is -0.504 e. The Hall–Kier alpha value is -3.05. The number of phenolic OH excluding ortho intramolecular Hbond substituents is 1. The molecule has 2 aliphatic heterocycles. The third kappa shape index (κ3) is 1.47. The van der Waals surface area contributed by atoms with Gasteiger partial charge in [0.1, 0.15) is 5.75 Å². The summed E-state index contributed by atoms with van der Waals surface area (Å²) in [6, 6.07) is 12.4. The Morgan fingerprint density at radius 1 is 0.957 bits per heavy atom. The monoisotopic (exact) mass is 306 g/mol. The molecule has 5 nitrogen and oxygen atoms in total. The fraction of sp³-hybridized carbons (Fsp3) is 0.0556. The zero-order valence-corrected chi connectivity index (χ0v) is 11.7. The Kier molecular flexibility index (Phi) is 2.19. The summed E-state index contributed by atoms with van der Waals surface area (Å²) in [6.45, 7) is 0. The van der Waals surface area contributed by atoms with Crippen molar-refractivity contribution in [2.45, 2.75) is 6.29 Å². The van der Waals surface area contributed by atoms with E-state index in [0.717, 1.165) is 11.1 Å². The number of hydrogen-bond donors (Lipinski definition) is 2. The number of carbonyl (C=O) groups is 1. The van der Waals surface area contributed by atoms with E-state index in [0.29, 0.717) is 33.4 Å². The Morgan fingerprint density at radius 2 is 1.74 bits per heavy atom. The van der Waals surface area contributed by atoms with Crippen molar-refractivity contribution >= 4 is 16.7 Å². The van der Waals surface area contributed by atoms with Gasteiger partial charge in [-0.25, -0.2) is 4.79 Å². The third-order valence-electron chi connectivity index (χ3n) is 4.34. The van der Waals surface area contributed by atoms with Crippen LogP contribution < -0.4 is 4.74 Å². The van der Waals surface area contributed by atoms with Gasteiger partial charge in [-0.3, -0.25) is 0 Å². The van der Waals surface area contributed by atoms with E-state index in [9.17, 15) is 15.0 Å². The number of para-hydroxylation sites is 1. The first-order valence-electron chi connectivity index (χ1n) is 7.14. The van der Waals surface area contributed by atoms with Gasteiger partial charge in [0.25, 0.3) is 0 Å². The summed E-state index contributed by atoms with van der Waals surface area (Å²) in [6.07, 6.45) is -1.40. The number of aliphatic hydroxyl groups excluding tert-OH is 1. The maximum Gasteiger partial charge on any atom is 0.341 e. The van der Waals surface area contributed by atoms with Crippen LogP contribution in [-0.4, -0.2) is 16.2 Å². The summed E-state index contributed by atoms with van der Waals surface area (Å²) in [5.41, 5.74) is 2.44. The average molecular weight is 306 g/mol. The van der Waals surface area contributed by atoms with Gasteiger partial charge in [-0.05, 0) is 23.8 Å². The summed E-state index contributed by atoms with van der Waals surface area (Å²) in [5.74, 6) is 0.239. The minimum atomic E-state index is -1.40. The maximum absolute atomic E-state index is 12.1. The van der Waals surface area contributed by atoms with Gasteiger partial charge >= 0.3 is 5.97 Å². The molecular weight excluding hydrogens is 296 g/mol. The second kappa shape index (κ2) is 4.02. The van der Waals surface area contributed by atoms with Crippen molar-refractivity contribution in [3.05, 3.63) is 53.6 Å². The van der Waals surface area contributed by atoms with Gasteiger partial charge < -0.3 is 19.7 Å². The van der Waals surface area contributed by atoms with Gasteiger partial charge in [-0.1, -0.05) is 24.3 Å². The molecule has 0 aromatic heterocycles. The lowest BCUT2D eigenvalue weighted by Crippen LogP contribution is -2.18. The van der Waals surface area contributed by atoms with Crippen LogP contribution in [0.2, 0.25) is 0 Å². The van der Waals surface area contributed by atoms with Crippen molar-refractivity contribution in [3.63, 3.8) is 0 Å². The number of hydrogen-bond acceptors (Lipinski definition) is 5. The highest BCUT2D eigenvalue weighted by Crippen LogP contribution is 2.53. The summed E-state index contributed by atoms with van der Waals surface area (Å²) in [7, 11) is 0. The second-order valence-corrected chi connectivity index (χ2v) is 5.58. The summed E-state index contributed by atoms with van der Waals surface area (Å²) >= 11 is 0. The Labute approximate surface area is 130 Å². The van der Waals surface area contributed by atoms with Crippen LogP contribution in [0.3, 0.4) is 0 Å². The van der Waals surface area contributed by atoms with Crippen molar-refractivity contribution < 1.29 is 24.5 Å². The summed E-state index contributed by atoms with van der Waals surface area (Å²) < 4.78 is 10.8. The molecule has 0 saturated heterocycles. The smallest absolute Gasteiger partial charge is 0.341 e. The van der Waals surface area contributed by atoms with E-state index in [1.54, 1.807) is 6.07 Å². The van der Waals surface area contributed by atoms with E-state index in [1.807, 2.05) is 30.3 Å². The van der Waals surface area contributed by atoms with E-state index < -0.39 is 12.3 Å². The third-order valence-corrected chi connectivity index (χ3v) is 4.34. The van der Waals surface area contributed by atoms with Gasteiger partial charge in [-0.15, -0.1) is 0 Å². The molecule has 1 atom stereocenters. The Balaban J connectivity index is 2.02. The molecule has 0 radical (unpaired) electrons. The number of ether oxygens (including phenoxy) is 2. The maximum atomic E-state index is 12.1. The van der Waals surface area contributed by atoms with Gasteiger partial charge in [0.15, 0.2) is 11.5 Å². The topological polar surface area (TPSA) is 76.0 Å². The van der Waals surface area contributed by atoms with Gasteiger partial charge in [0.05, 0.1) is 5.56 Å². The van der Waals surface area contributed by atoms with E-state index in [-0.39, 0.29) is 5.75 Å². The van der Waals surface area contributed by atoms with Crippen LogP contribution in [0.1, 0.15) is 22.2 Å². The standard InChI is InChI=1S/C18H10O5/c19-12-7-11-14-10(17(20)23-18(11)21)6-5-9-8-3-1-2-4-13(8)22-16(12)15(9)14/h1-7,18-19,21H. The van der Waals surface area contributed by atoms with Crippen molar-refractivity contribution in [2.24, 2.45) is 0 Å². The lowest BCUT2D eigenvalue weighted by Gasteiger charge is -2.28. The van der Waals surface area contributed by atoms with Crippen LogP contribution in [0.5, 0.6) is 17.2 Å². The molecule has 2 N–H and O–H groups in total. The molecule has 3 aromatic rings. The largest absolute Gasteiger partial charge is 0.504 e. The number of phenols is 1. The molecule has 5 rings (SSSR count). The van der Waals surface area contributed by atoms with E-state index in [2.05, 4.69) is 0 Å². The van der Waals surface area contributed by atoms with Gasteiger partial charge in [-0.2, -0.15) is 0 Å². The van der Waals surface area contributed by atoms with E-state index >= 15 is 0 Å². The van der Waals surface area contributed by atoms with E-state index in [4.69, 9.17) is 9.47 Å². The molecule has 2 aliphatic rings. The van der Waals surface area contributed by atoms with Crippen LogP contribution in [-0.2, 0) is 4.74 Å². The number of esters is 1. The molecule has 0 spiro atoms. The molecule has 0 fully saturated rings. The van der Waals surface area contributed by atoms with Crippen molar-refractivity contribution in [1.82, 2.24) is 0 Å². The Bertz CT molecular complexity index is 1020. The average Bonchev–Trinajstić information content (AvgIpc) is 2.56. The quantitative estimate of drug-likeness (QED) is 0.486. The second-order valence-electron chi connectivity index (χ2n) is 5.58. The number of aromatic hydroxyl groups is 1. The molecular formula is C18H10O5. The highest BCUT2D eigenvalue weighted by Gasteiger charge is 2.33. The number of carbonyl (C=O) groups excluding carboxylic acids is 1. The lowest BCUT2D eigenvalue weighted by atomic mass is 9.88. The van der Waals surface area contributed by atoms with Crippen molar-refractivity contribution in [1.29, 1.82) is 0 Å². The zero-order chi connectivity index (χ0) is 15.7. The predicted molar refractivity (Wildman–Crippen MR) is 81.5 cm³/mol. The van der Waals surface area contributed by atoms with Crippen LogP contribution in [0.25, 0.3) is 21.9 Å². The number of aliphatic hydroxyl groups is 1. The van der Waals surface area contributed by atoms with Crippen LogP contribution >= 0.6 is 0 Å². The molecule has 3 aromatic carbocycles. The van der Waals surface area contributed by atoms with Crippen molar-refractivity contribution in [2.75, 3.05) is 0 Å². The van der Waals surface area contributed by atoms with Gasteiger partial charge in [0, 0.05) is 21.9 Å². The number of cyclic esters (lactones) is 1. The first kappa shape index (κ1) is 12.5. The SMILES string of the molecule is O=C1OC(O)c2cc(O)c3c4c(ccc1c24)-c1ccccc1O3. The molecule has 1 unspecified atom stereocenters. The molecule has 2 heterocycles. The first-order chi connectivity index (χ1) is 11.1. The lowest BCUT2D eigenvalue weighted by molar-refractivity contribution is -0.0687. The number of fused-ring (bicyclic) bond motifs is 2. The first-order valence-corrected chi connectivity index (χ1v) is 7.14. The van der Waals surface area contributed by atoms with E-state index in [1.165, 1.54) is 6.07 Å². The molecule has 5 heteroatoms. The molecule has 112 valence electrons. The molecule has 23 heavy (non-hydrogen) atoms. The van der Waals surface area contributed by atoms with Crippen molar-refractivity contribution in [3.8, 4) is 28.4 Å². The number of rotatable bonds is 0. The highest BCUT2D eigenvalue weighted by molar-refractivity contribution is 6.15. The predicted octanol–water partition coefficient (Wildman–Crippen LogP) is 3.48. The Morgan fingerprint density at radius 3 is 2.61 bits per heavy atom. The normalized spacial score (nSPS) is 17.4. The minimum absolute atomic E-state index is 0.0996. The summed E-state index contributed by atoms with van der Waals surface area (Å²) in [5, 5.41) is 21.5. The fourth-order valence-corrected chi connectivity index (χ4v) is 3.36. The molecule has 0 saturated carbocycles.